The molecular weight excluding hydrogens is 288 g/mol. The second-order valence-corrected chi connectivity index (χ2v) is 6.86. The molecule has 3 rings (SSSR count). The van der Waals surface area contributed by atoms with Crippen molar-refractivity contribution >= 4 is 5.91 Å². The smallest absolute Gasteiger partial charge is 0.219 e. The Balaban J connectivity index is 1.37. The Bertz CT molecular complexity index is 503. The van der Waals surface area contributed by atoms with Crippen molar-refractivity contribution < 1.29 is 9.53 Å². The fourth-order valence-corrected chi connectivity index (χ4v) is 3.39. The minimum Gasteiger partial charge on any atom is -0.490 e. The van der Waals surface area contributed by atoms with Gasteiger partial charge in [-0.25, -0.2) is 0 Å². The molecule has 4 nitrogen and oxygen atoms in total. The summed E-state index contributed by atoms with van der Waals surface area (Å²) < 4.78 is 6.01. The van der Waals surface area contributed by atoms with E-state index < -0.39 is 0 Å². The minimum atomic E-state index is 0.142. The molecule has 1 aromatic rings. The first-order valence-corrected chi connectivity index (χ1v) is 8.97. The Morgan fingerprint density at radius 1 is 1.22 bits per heavy atom. The number of hydrogen-bond donors (Lipinski definition) is 1. The molecule has 1 heterocycles. The summed E-state index contributed by atoms with van der Waals surface area (Å²) in [5.41, 5.74) is 1.37. The van der Waals surface area contributed by atoms with Crippen molar-refractivity contribution in [1.29, 1.82) is 0 Å². The molecule has 1 aliphatic carbocycles. The quantitative estimate of drug-likeness (QED) is 0.841. The molecule has 1 N–H and O–H groups in total. The lowest BCUT2D eigenvalue weighted by Crippen LogP contribution is -2.40. The average molecular weight is 316 g/mol. The third kappa shape index (κ3) is 4.71. The van der Waals surface area contributed by atoms with E-state index >= 15 is 0 Å². The molecule has 0 radical (unpaired) electrons. The fraction of sp³-hybridized carbons (Fsp3) is 0.632. The average Bonchev–Trinajstić information content (AvgIpc) is 3.03. The second kappa shape index (κ2) is 7.82. The van der Waals surface area contributed by atoms with Crippen molar-refractivity contribution in [2.24, 2.45) is 5.92 Å². The number of rotatable bonds is 7. The Morgan fingerprint density at radius 2 is 1.91 bits per heavy atom. The van der Waals surface area contributed by atoms with E-state index in [0.717, 1.165) is 31.7 Å². The Kier molecular flexibility index (Phi) is 5.55. The number of amides is 1. The van der Waals surface area contributed by atoms with Gasteiger partial charge in [-0.15, -0.1) is 0 Å². The van der Waals surface area contributed by atoms with E-state index in [1.807, 2.05) is 6.92 Å². The van der Waals surface area contributed by atoms with E-state index in [0.29, 0.717) is 18.4 Å². The number of benzene rings is 1. The number of likely N-dealkylation sites (tertiary alicyclic amines) is 1. The maximum Gasteiger partial charge on any atom is 0.219 e. The topological polar surface area (TPSA) is 41.6 Å². The van der Waals surface area contributed by atoms with Gasteiger partial charge in [0.25, 0.3) is 0 Å². The van der Waals surface area contributed by atoms with E-state index in [4.69, 9.17) is 4.74 Å². The van der Waals surface area contributed by atoms with Crippen molar-refractivity contribution in [3.8, 4) is 5.75 Å². The monoisotopic (exact) mass is 316 g/mol. The molecule has 2 fully saturated rings. The summed E-state index contributed by atoms with van der Waals surface area (Å²) >= 11 is 0. The lowest BCUT2D eigenvalue weighted by molar-refractivity contribution is -0.121. The molecule has 1 aromatic carbocycles. The molecule has 126 valence electrons. The minimum absolute atomic E-state index is 0.142. The number of nitrogens with zero attached hydrogens (tertiary/aromatic N) is 1. The maximum atomic E-state index is 11.2. The second-order valence-electron chi connectivity index (χ2n) is 6.86. The van der Waals surface area contributed by atoms with Crippen LogP contribution in [0, 0.1) is 5.92 Å². The van der Waals surface area contributed by atoms with Crippen LogP contribution in [0.2, 0.25) is 0 Å². The van der Waals surface area contributed by atoms with Gasteiger partial charge in [-0.05, 0) is 62.4 Å². The van der Waals surface area contributed by atoms with E-state index in [1.165, 1.54) is 31.5 Å². The van der Waals surface area contributed by atoms with Crippen molar-refractivity contribution in [3.05, 3.63) is 29.8 Å². The van der Waals surface area contributed by atoms with Crippen LogP contribution >= 0.6 is 0 Å². The van der Waals surface area contributed by atoms with Gasteiger partial charge in [-0.1, -0.05) is 19.1 Å². The summed E-state index contributed by atoms with van der Waals surface area (Å²) in [7, 11) is 0. The fourth-order valence-electron chi connectivity index (χ4n) is 3.39. The third-order valence-electron chi connectivity index (χ3n) is 4.93. The lowest BCUT2D eigenvalue weighted by atomic mass is 9.82. The standard InChI is InChI=1S/C19H28N2O2/c1-2-19(22)20-13-16-11-18(12-16)23-17-7-5-15(6-8-17)14-21-9-3-4-10-21/h5-8,16,18H,2-4,9-14H2,1H3,(H,20,22). The summed E-state index contributed by atoms with van der Waals surface area (Å²) in [5, 5.41) is 2.96. The van der Waals surface area contributed by atoms with Crippen molar-refractivity contribution in [2.45, 2.75) is 51.7 Å². The molecule has 0 aromatic heterocycles. The molecule has 0 spiro atoms. The van der Waals surface area contributed by atoms with Crippen LogP contribution in [0.15, 0.2) is 24.3 Å². The van der Waals surface area contributed by atoms with Crippen LogP contribution in [0.25, 0.3) is 0 Å². The molecule has 4 heteroatoms. The Morgan fingerprint density at radius 3 is 2.57 bits per heavy atom. The summed E-state index contributed by atoms with van der Waals surface area (Å²) in [6.45, 7) is 6.20. The van der Waals surface area contributed by atoms with Gasteiger partial charge in [-0.2, -0.15) is 0 Å². The van der Waals surface area contributed by atoms with Crippen LogP contribution in [0.4, 0.5) is 0 Å². The zero-order chi connectivity index (χ0) is 16.1. The zero-order valence-corrected chi connectivity index (χ0v) is 14.1. The molecule has 1 saturated heterocycles. The van der Waals surface area contributed by atoms with Gasteiger partial charge in [0.05, 0.1) is 6.10 Å². The van der Waals surface area contributed by atoms with Crippen LogP contribution < -0.4 is 10.1 Å². The number of hydrogen-bond acceptors (Lipinski definition) is 3. The highest BCUT2D eigenvalue weighted by atomic mass is 16.5. The van der Waals surface area contributed by atoms with Crippen LogP contribution in [0.5, 0.6) is 5.75 Å². The normalized spacial score (nSPS) is 24.2. The number of carbonyl (C=O) groups is 1. The molecule has 0 atom stereocenters. The molecule has 23 heavy (non-hydrogen) atoms. The van der Waals surface area contributed by atoms with E-state index in [9.17, 15) is 4.79 Å². The zero-order valence-electron chi connectivity index (χ0n) is 14.1. The molecule has 0 bridgehead atoms. The predicted molar refractivity (Wildman–Crippen MR) is 91.4 cm³/mol. The SMILES string of the molecule is CCC(=O)NCC1CC(Oc2ccc(CN3CCCC3)cc2)C1. The van der Waals surface area contributed by atoms with Gasteiger partial charge in [0.2, 0.25) is 5.91 Å². The number of carbonyl (C=O) groups excluding carboxylic acids is 1. The van der Waals surface area contributed by atoms with Gasteiger partial charge in [0.1, 0.15) is 5.75 Å². The Labute approximate surface area is 139 Å². The first kappa shape index (κ1) is 16.3. The largest absolute Gasteiger partial charge is 0.490 e. The maximum absolute atomic E-state index is 11.2. The molecule has 1 amide bonds. The molecule has 2 aliphatic rings. The van der Waals surface area contributed by atoms with Crippen molar-refractivity contribution in [2.75, 3.05) is 19.6 Å². The van der Waals surface area contributed by atoms with Crippen LogP contribution in [0.1, 0.15) is 44.6 Å². The summed E-state index contributed by atoms with van der Waals surface area (Å²) in [6, 6.07) is 8.56. The van der Waals surface area contributed by atoms with Crippen molar-refractivity contribution in [1.82, 2.24) is 10.2 Å². The molecule has 0 unspecified atom stereocenters. The highest BCUT2D eigenvalue weighted by Crippen LogP contribution is 2.31. The van der Waals surface area contributed by atoms with E-state index in [1.54, 1.807) is 0 Å². The third-order valence-corrected chi connectivity index (χ3v) is 4.93. The van der Waals surface area contributed by atoms with Gasteiger partial charge in [0, 0.05) is 19.5 Å². The highest BCUT2D eigenvalue weighted by molar-refractivity contribution is 5.75. The summed E-state index contributed by atoms with van der Waals surface area (Å²) in [6.07, 6.45) is 5.63. The lowest BCUT2D eigenvalue weighted by Gasteiger charge is -2.35. The summed E-state index contributed by atoms with van der Waals surface area (Å²) in [4.78, 5) is 13.7. The molecule has 1 saturated carbocycles. The molecular formula is C19H28N2O2. The number of nitrogens with one attached hydrogen (secondary N) is 1. The van der Waals surface area contributed by atoms with Crippen LogP contribution in [-0.4, -0.2) is 36.5 Å². The van der Waals surface area contributed by atoms with Gasteiger partial charge >= 0.3 is 0 Å². The van der Waals surface area contributed by atoms with Gasteiger partial charge in [0.15, 0.2) is 0 Å². The first-order chi connectivity index (χ1) is 11.2. The van der Waals surface area contributed by atoms with Crippen molar-refractivity contribution in [3.63, 3.8) is 0 Å². The van der Waals surface area contributed by atoms with Crippen LogP contribution in [0.3, 0.4) is 0 Å². The van der Waals surface area contributed by atoms with E-state index in [2.05, 4.69) is 34.5 Å². The summed E-state index contributed by atoms with van der Waals surface area (Å²) in [5.74, 6) is 1.68. The van der Waals surface area contributed by atoms with Gasteiger partial charge in [-0.3, -0.25) is 9.69 Å². The van der Waals surface area contributed by atoms with E-state index in [-0.39, 0.29) is 5.91 Å². The Hall–Kier alpha value is -1.55. The molecule has 1 aliphatic heterocycles. The highest BCUT2D eigenvalue weighted by Gasteiger charge is 2.30. The number of ether oxygens (including phenoxy) is 1. The first-order valence-electron chi connectivity index (χ1n) is 8.97. The predicted octanol–water partition coefficient (Wildman–Crippen LogP) is 2.97. The van der Waals surface area contributed by atoms with Gasteiger partial charge < -0.3 is 10.1 Å². The van der Waals surface area contributed by atoms with Crippen LogP contribution in [-0.2, 0) is 11.3 Å².